The minimum absolute atomic E-state index is 0. The van der Waals surface area contributed by atoms with Crippen molar-refractivity contribution in [1.82, 2.24) is 15.5 Å². The van der Waals surface area contributed by atoms with E-state index in [1.807, 2.05) is 18.2 Å². The van der Waals surface area contributed by atoms with Crippen LogP contribution in [0.1, 0.15) is 37.5 Å². The Morgan fingerprint density at radius 3 is 2.03 bits per heavy atom. The lowest BCUT2D eigenvalue weighted by Crippen LogP contribution is -2.36. The number of nitrogens with zero attached hydrogens (tertiary/aromatic N) is 2. The van der Waals surface area contributed by atoms with E-state index in [1.54, 1.807) is 14.2 Å². The van der Waals surface area contributed by atoms with E-state index in [9.17, 15) is 0 Å². The van der Waals surface area contributed by atoms with Crippen molar-refractivity contribution >= 4 is 29.9 Å². The molecule has 2 aromatic rings. The van der Waals surface area contributed by atoms with Crippen LogP contribution in [0.15, 0.2) is 47.5 Å². The third-order valence-corrected chi connectivity index (χ3v) is 5.00. The predicted octanol–water partition coefficient (Wildman–Crippen LogP) is 4.42. The van der Waals surface area contributed by atoms with Gasteiger partial charge in [-0.1, -0.05) is 44.2 Å². The Labute approximate surface area is 204 Å². The Balaban J connectivity index is 0.00000480. The van der Waals surface area contributed by atoms with Gasteiger partial charge < -0.3 is 20.1 Å². The number of guanidine groups is 1. The summed E-state index contributed by atoms with van der Waals surface area (Å²) in [5.74, 6) is 2.23. The summed E-state index contributed by atoms with van der Waals surface area (Å²) < 4.78 is 10.7. The van der Waals surface area contributed by atoms with Crippen molar-refractivity contribution < 1.29 is 9.47 Å². The maximum absolute atomic E-state index is 5.38. The fourth-order valence-corrected chi connectivity index (χ4v) is 3.14. The minimum Gasteiger partial charge on any atom is -0.493 e. The lowest BCUT2D eigenvalue weighted by atomic mass is 10.1. The van der Waals surface area contributed by atoms with Crippen LogP contribution in [-0.4, -0.2) is 44.7 Å². The molecule has 2 rings (SSSR count). The van der Waals surface area contributed by atoms with Gasteiger partial charge in [-0.05, 0) is 48.8 Å². The largest absolute Gasteiger partial charge is 0.493 e. The van der Waals surface area contributed by atoms with Crippen LogP contribution in [0.2, 0.25) is 0 Å². The highest BCUT2D eigenvalue weighted by Crippen LogP contribution is 2.27. The smallest absolute Gasteiger partial charge is 0.191 e. The first-order valence-corrected chi connectivity index (χ1v) is 10.7. The maximum atomic E-state index is 5.38. The summed E-state index contributed by atoms with van der Waals surface area (Å²) in [6, 6.07) is 14.7. The average molecular weight is 540 g/mol. The van der Waals surface area contributed by atoms with Crippen LogP contribution in [0.25, 0.3) is 0 Å². The van der Waals surface area contributed by atoms with E-state index >= 15 is 0 Å². The number of ether oxygens (including phenoxy) is 2. The summed E-state index contributed by atoms with van der Waals surface area (Å²) in [5.41, 5.74) is 3.64. The Morgan fingerprint density at radius 2 is 1.45 bits per heavy atom. The number of aliphatic imine (C=N–C) groups is 1. The van der Waals surface area contributed by atoms with Gasteiger partial charge in [0.1, 0.15) is 0 Å². The third-order valence-electron chi connectivity index (χ3n) is 5.00. The second-order valence-electron chi connectivity index (χ2n) is 7.02. The molecule has 7 heteroatoms. The van der Waals surface area contributed by atoms with E-state index in [0.29, 0.717) is 12.3 Å². The van der Waals surface area contributed by atoms with Crippen LogP contribution in [-0.2, 0) is 19.6 Å². The first kappa shape index (κ1) is 27.0. The SMILES string of the molecule is CCNC(=NCc1ccc(OC)c(OC)c1)NCc1ccc(CN(CC)CC)cc1.I. The summed E-state index contributed by atoms with van der Waals surface area (Å²) in [4.78, 5) is 7.11. The molecular weight excluding hydrogens is 503 g/mol. The molecule has 0 bridgehead atoms. The summed E-state index contributed by atoms with van der Waals surface area (Å²) >= 11 is 0. The summed E-state index contributed by atoms with van der Waals surface area (Å²) in [6.45, 7) is 11.7. The maximum Gasteiger partial charge on any atom is 0.191 e. The van der Waals surface area contributed by atoms with Gasteiger partial charge in [0.05, 0.1) is 20.8 Å². The molecule has 0 fully saturated rings. The third kappa shape index (κ3) is 8.95. The zero-order chi connectivity index (χ0) is 21.8. The van der Waals surface area contributed by atoms with Crippen molar-refractivity contribution in [3.8, 4) is 11.5 Å². The molecule has 0 aliphatic rings. The summed E-state index contributed by atoms with van der Waals surface area (Å²) in [5, 5.41) is 6.72. The lowest BCUT2D eigenvalue weighted by molar-refractivity contribution is 0.296. The molecule has 0 amide bonds. The molecule has 0 radical (unpaired) electrons. The molecule has 0 atom stereocenters. The van der Waals surface area contributed by atoms with Gasteiger partial charge in [-0.25, -0.2) is 4.99 Å². The Hall–Kier alpha value is -2.00. The topological polar surface area (TPSA) is 58.1 Å². The number of hydrogen-bond acceptors (Lipinski definition) is 4. The van der Waals surface area contributed by atoms with Gasteiger partial charge in [0, 0.05) is 19.6 Å². The highest BCUT2D eigenvalue weighted by atomic mass is 127. The molecule has 0 heterocycles. The molecule has 172 valence electrons. The van der Waals surface area contributed by atoms with Crippen molar-refractivity contribution in [2.45, 2.75) is 40.4 Å². The molecule has 0 spiro atoms. The van der Waals surface area contributed by atoms with Crippen LogP contribution in [0, 0.1) is 0 Å². The van der Waals surface area contributed by atoms with Gasteiger partial charge in [0.2, 0.25) is 0 Å². The summed E-state index contributed by atoms with van der Waals surface area (Å²) in [7, 11) is 3.28. The molecule has 0 saturated heterocycles. The molecule has 0 aliphatic carbocycles. The van der Waals surface area contributed by atoms with Crippen LogP contribution < -0.4 is 20.1 Å². The lowest BCUT2D eigenvalue weighted by Gasteiger charge is -2.18. The number of halogens is 1. The molecule has 0 aliphatic heterocycles. The number of benzene rings is 2. The molecule has 6 nitrogen and oxygen atoms in total. The molecule has 2 aromatic carbocycles. The Kier molecular flexibility index (Phi) is 13.0. The fraction of sp³-hybridized carbons (Fsp3) is 0.458. The number of methoxy groups -OCH3 is 2. The highest BCUT2D eigenvalue weighted by molar-refractivity contribution is 14.0. The molecule has 0 saturated carbocycles. The van der Waals surface area contributed by atoms with Gasteiger partial charge >= 0.3 is 0 Å². The van der Waals surface area contributed by atoms with Gasteiger partial charge in [-0.3, -0.25) is 4.90 Å². The van der Waals surface area contributed by atoms with E-state index in [2.05, 4.69) is 60.6 Å². The highest BCUT2D eigenvalue weighted by Gasteiger charge is 2.05. The van der Waals surface area contributed by atoms with Gasteiger partial charge in [-0.15, -0.1) is 24.0 Å². The molecule has 2 N–H and O–H groups in total. The Morgan fingerprint density at radius 1 is 0.839 bits per heavy atom. The van der Waals surface area contributed by atoms with Crippen molar-refractivity contribution in [2.24, 2.45) is 4.99 Å². The monoisotopic (exact) mass is 540 g/mol. The van der Waals surface area contributed by atoms with Crippen LogP contribution in [0.3, 0.4) is 0 Å². The molecule has 0 unspecified atom stereocenters. The van der Waals surface area contributed by atoms with Crippen LogP contribution in [0.5, 0.6) is 11.5 Å². The van der Waals surface area contributed by atoms with Gasteiger partial charge in [0.15, 0.2) is 17.5 Å². The first-order valence-electron chi connectivity index (χ1n) is 10.7. The number of nitrogens with one attached hydrogen (secondary N) is 2. The van der Waals surface area contributed by atoms with E-state index in [-0.39, 0.29) is 24.0 Å². The van der Waals surface area contributed by atoms with E-state index in [1.165, 1.54) is 11.1 Å². The van der Waals surface area contributed by atoms with E-state index < -0.39 is 0 Å². The van der Waals surface area contributed by atoms with Gasteiger partial charge in [-0.2, -0.15) is 0 Å². The van der Waals surface area contributed by atoms with Crippen LogP contribution in [0.4, 0.5) is 0 Å². The van der Waals surface area contributed by atoms with Gasteiger partial charge in [0.25, 0.3) is 0 Å². The standard InChI is InChI=1S/C24H36N4O2.HI/c1-6-25-24(27-17-21-13-14-22(29-4)23(15-21)30-5)26-16-19-9-11-20(12-10-19)18-28(7-2)8-3;/h9-15H,6-8,16-18H2,1-5H3,(H2,25,26,27);1H. The minimum atomic E-state index is 0. The second kappa shape index (κ2) is 14.9. The zero-order valence-corrected chi connectivity index (χ0v) is 21.7. The van der Waals surface area contributed by atoms with Crippen LogP contribution >= 0.6 is 24.0 Å². The van der Waals surface area contributed by atoms with Crippen molar-refractivity contribution in [3.05, 3.63) is 59.2 Å². The molecule has 0 aromatic heterocycles. The molecule has 31 heavy (non-hydrogen) atoms. The summed E-state index contributed by atoms with van der Waals surface area (Å²) in [6.07, 6.45) is 0. The Bertz CT molecular complexity index is 793. The zero-order valence-electron chi connectivity index (χ0n) is 19.4. The quantitative estimate of drug-likeness (QED) is 0.251. The van der Waals surface area contributed by atoms with Crippen molar-refractivity contribution in [3.63, 3.8) is 0 Å². The van der Waals surface area contributed by atoms with E-state index in [4.69, 9.17) is 14.5 Å². The van der Waals surface area contributed by atoms with E-state index in [0.717, 1.165) is 50.0 Å². The normalized spacial score (nSPS) is 11.1. The van der Waals surface area contributed by atoms with Crippen molar-refractivity contribution in [2.75, 3.05) is 33.9 Å². The first-order chi connectivity index (χ1) is 14.6. The van der Waals surface area contributed by atoms with Crippen molar-refractivity contribution in [1.29, 1.82) is 0 Å². The number of rotatable bonds is 11. The molecular formula is C24H37IN4O2. The fourth-order valence-electron chi connectivity index (χ4n) is 3.14. The average Bonchev–Trinajstić information content (AvgIpc) is 2.79. The predicted molar refractivity (Wildman–Crippen MR) is 140 cm³/mol. The second-order valence-corrected chi connectivity index (χ2v) is 7.02. The number of hydrogen-bond donors (Lipinski definition) is 2.